The van der Waals surface area contributed by atoms with Gasteiger partial charge in [-0.1, -0.05) is 12.8 Å². The Morgan fingerprint density at radius 2 is 2.13 bits per heavy atom. The molecule has 0 atom stereocenters. The predicted molar refractivity (Wildman–Crippen MR) is 55.9 cm³/mol. The van der Waals surface area contributed by atoms with Crippen LogP contribution in [-0.2, 0) is 4.79 Å². The zero-order valence-electron chi connectivity index (χ0n) is 9.20. The van der Waals surface area contributed by atoms with Crippen molar-refractivity contribution in [2.24, 2.45) is 0 Å². The van der Waals surface area contributed by atoms with E-state index >= 15 is 0 Å². The van der Waals surface area contributed by atoms with E-state index in [4.69, 9.17) is 5.26 Å². The van der Waals surface area contributed by atoms with Gasteiger partial charge in [0.1, 0.15) is 0 Å². The molecular formula is C11H18N2O2. The minimum absolute atomic E-state index is 0.0605. The van der Waals surface area contributed by atoms with Crippen molar-refractivity contribution in [1.82, 2.24) is 4.90 Å². The van der Waals surface area contributed by atoms with Gasteiger partial charge in [0, 0.05) is 13.6 Å². The molecule has 1 N–H and O–H groups in total. The van der Waals surface area contributed by atoms with Gasteiger partial charge in [0.25, 0.3) is 0 Å². The Balaban J connectivity index is 2.37. The lowest BCUT2D eigenvalue weighted by Gasteiger charge is -2.24. The Bertz CT molecular complexity index is 264. The summed E-state index contributed by atoms with van der Waals surface area (Å²) in [6.45, 7) is 0.450. The number of amides is 1. The Kier molecular flexibility index (Phi) is 4.10. The van der Waals surface area contributed by atoms with Crippen molar-refractivity contribution in [3.63, 3.8) is 0 Å². The monoisotopic (exact) mass is 210 g/mol. The van der Waals surface area contributed by atoms with Crippen molar-refractivity contribution >= 4 is 5.91 Å². The van der Waals surface area contributed by atoms with E-state index in [1.807, 2.05) is 6.07 Å². The summed E-state index contributed by atoms with van der Waals surface area (Å²) in [4.78, 5) is 13.2. The molecule has 0 bridgehead atoms. The summed E-state index contributed by atoms with van der Waals surface area (Å²) in [5, 5.41) is 18.4. The number of nitrogens with zero attached hydrogens (tertiary/aromatic N) is 2. The number of hydrogen-bond donors (Lipinski definition) is 1. The van der Waals surface area contributed by atoms with Gasteiger partial charge in [-0.2, -0.15) is 5.26 Å². The average Bonchev–Trinajstić information content (AvgIpc) is 2.61. The van der Waals surface area contributed by atoms with Crippen LogP contribution in [0, 0.1) is 11.3 Å². The first-order chi connectivity index (χ1) is 7.07. The van der Waals surface area contributed by atoms with Gasteiger partial charge < -0.3 is 10.0 Å². The van der Waals surface area contributed by atoms with E-state index in [0.29, 0.717) is 13.0 Å². The molecule has 15 heavy (non-hydrogen) atoms. The molecule has 84 valence electrons. The van der Waals surface area contributed by atoms with Crippen molar-refractivity contribution < 1.29 is 9.90 Å². The second kappa shape index (κ2) is 5.13. The molecular weight excluding hydrogens is 192 g/mol. The summed E-state index contributed by atoms with van der Waals surface area (Å²) >= 11 is 0. The molecule has 0 aromatic rings. The van der Waals surface area contributed by atoms with Crippen LogP contribution in [0.15, 0.2) is 0 Å². The third-order valence-electron chi connectivity index (χ3n) is 3.00. The smallest absolute Gasteiger partial charge is 0.225 e. The van der Waals surface area contributed by atoms with Crippen LogP contribution in [0.2, 0.25) is 0 Å². The molecule has 0 aromatic heterocycles. The highest BCUT2D eigenvalue weighted by molar-refractivity contribution is 5.77. The number of nitriles is 1. The first kappa shape index (κ1) is 12.0. The second-order valence-corrected chi connectivity index (χ2v) is 4.33. The van der Waals surface area contributed by atoms with Gasteiger partial charge >= 0.3 is 0 Å². The van der Waals surface area contributed by atoms with E-state index in [1.54, 1.807) is 7.05 Å². The second-order valence-electron chi connectivity index (χ2n) is 4.33. The summed E-state index contributed by atoms with van der Waals surface area (Å²) in [5.41, 5.74) is -0.780. The van der Waals surface area contributed by atoms with Gasteiger partial charge in [-0.3, -0.25) is 4.79 Å². The van der Waals surface area contributed by atoms with E-state index in [1.165, 1.54) is 4.90 Å². The van der Waals surface area contributed by atoms with Crippen LogP contribution in [0.5, 0.6) is 0 Å². The van der Waals surface area contributed by atoms with E-state index in [9.17, 15) is 9.90 Å². The Hall–Kier alpha value is -1.08. The number of carbonyl (C=O) groups is 1. The zero-order valence-corrected chi connectivity index (χ0v) is 9.20. The maximum Gasteiger partial charge on any atom is 0.225 e. The lowest BCUT2D eigenvalue weighted by atomic mass is 9.97. The van der Waals surface area contributed by atoms with Crippen LogP contribution in [0.1, 0.15) is 38.5 Å². The molecule has 4 heteroatoms. The molecule has 0 spiro atoms. The molecule has 1 saturated carbocycles. The molecule has 1 aliphatic rings. The quantitative estimate of drug-likeness (QED) is 0.754. The fourth-order valence-electron chi connectivity index (χ4n) is 1.97. The highest BCUT2D eigenvalue weighted by Gasteiger charge is 2.34. The average molecular weight is 210 g/mol. The summed E-state index contributed by atoms with van der Waals surface area (Å²) in [6.07, 6.45) is 4.02. The third kappa shape index (κ3) is 3.52. The highest BCUT2D eigenvalue weighted by Crippen LogP contribution is 2.32. The maximum atomic E-state index is 11.7. The Morgan fingerprint density at radius 3 is 2.67 bits per heavy atom. The standard InChI is InChI=1S/C11H18N2O2/c1-13(8-4-7-12)10(14)9-11(15)5-2-3-6-11/h15H,2-6,8-9H2,1H3. The number of hydrogen-bond acceptors (Lipinski definition) is 3. The van der Waals surface area contributed by atoms with Gasteiger partial charge in [-0.15, -0.1) is 0 Å². The number of carbonyl (C=O) groups excluding carboxylic acids is 1. The Labute approximate surface area is 90.5 Å². The van der Waals surface area contributed by atoms with Gasteiger partial charge in [-0.25, -0.2) is 0 Å². The first-order valence-electron chi connectivity index (χ1n) is 5.41. The van der Waals surface area contributed by atoms with Crippen molar-refractivity contribution in [3.05, 3.63) is 0 Å². The molecule has 0 saturated heterocycles. The summed E-state index contributed by atoms with van der Waals surface area (Å²) in [7, 11) is 1.68. The van der Waals surface area contributed by atoms with Crippen molar-refractivity contribution in [3.8, 4) is 6.07 Å². The van der Waals surface area contributed by atoms with E-state index < -0.39 is 5.60 Å². The zero-order chi connectivity index (χ0) is 11.3. The number of rotatable bonds is 4. The molecule has 0 aromatic carbocycles. The number of aliphatic hydroxyl groups is 1. The molecule has 0 heterocycles. The first-order valence-corrected chi connectivity index (χ1v) is 5.41. The molecule has 4 nitrogen and oxygen atoms in total. The van der Waals surface area contributed by atoms with E-state index in [0.717, 1.165) is 25.7 Å². The van der Waals surface area contributed by atoms with Gasteiger partial charge in [0.15, 0.2) is 0 Å². The molecule has 0 radical (unpaired) electrons. The van der Waals surface area contributed by atoms with Crippen LogP contribution >= 0.6 is 0 Å². The van der Waals surface area contributed by atoms with Gasteiger partial charge in [0.2, 0.25) is 5.91 Å². The lowest BCUT2D eigenvalue weighted by molar-refractivity contribution is -0.134. The van der Waals surface area contributed by atoms with Crippen LogP contribution in [0.25, 0.3) is 0 Å². The lowest BCUT2D eigenvalue weighted by Crippen LogP contribution is -2.36. The van der Waals surface area contributed by atoms with Crippen LogP contribution in [0.3, 0.4) is 0 Å². The molecule has 0 unspecified atom stereocenters. The highest BCUT2D eigenvalue weighted by atomic mass is 16.3. The normalized spacial score (nSPS) is 18.5. The third-order valence-corrected chi connectivity index (χ3v) is 3.00. The topological polar surface area (TPSA) is 64.3 Å². The molecule has 1 amide bonds. The van der Waals surface area contributed by atoms with Crippen molar-refractivity contribution in [2.45, 2.75) is 44.1 Å². The van der Waals surface area contributed by atoms with Crippen LogP contribution < -0.4 is 0 Å². The summed E-state index contributed by atoms with van der Waals surface area (Å²) in [5.74, 6) is -0.0605. The fraction of sp³-hybridized carbons (Fsp3) is 0.818. The predicted octanol–water partition coefficient (Wildman–Crippen LogP) is 1.05. The largest absolute Gasteiger partial charge is 0.389 e. The molecule has 0 aliphatic heterocycles. The van der Waals surface area contributed by atoms with Crippen LogP contribution in [0.4, 0.5) is 0 Å². The SMILES string of the molecule is CN(CCC#N)C(=O)CC1(O)CCCC1. The summed E-state index contributed by atoms with van der Waals surface area (Å²) in [6, 6.07) is 2.00. The van der Waals surface area contributed by atoms with E-state index in [2.05, 4.69) is 0 Å². The van der Waals surface area contributed by atoms with Gasteiger partial charge in [0.05, 0.1) is 24.5 Å². The minimum Gasteiger partial charge on any atom is -0.389 e. The fourth-order valence-corrected chi connectivity index (χ4v) is 1.97. The minimum atomic E-state index is -0.780. The molecule has 1 fully saturated rings. The van der Waals surface area contributed by atoms with Gasteiger partial charge in [-0.05, 0) is 12.8 Å². The molecule has 1 rings (SSSR count). The van der Waals surface area contributed by atoms with Crippen LogP contribution in [-0.4, -0.2) is 35.1 Å². The summed E-state index contributed by atoms with van der Waals surface area (Å²) < 4.78 is 0. The van der Waals surface area contributed by atoms with E-state index in [-0.39, 0.29) is 12.3 Å². The maximum absolute atomic E-state index is 11.7. The molecule has 1 aliphatic carbocycles. The Morgan fingerprint density at radius 1 is 1.53 bits per heavy atom. The van der Waals surface area contributed by atoms with Crippen molar-refractivity contribution in [2.75, 3.05) is 13.6 Å². The van der Waals surface area contributed by atoms with Crippen molar-refractivity contribution in [1.29, 1.82) is 5.26 Å².